The van der Waals surface area contributed by atoms with Crippen molar-refractivity contribution in [3.8, 4) is 0 Å². The lowest BCUT2D eigenvalue weighted by molar-refractivity contribution is 0.260. The van der Waals surface area contributed by atoms with Crippen LogP contribution in [0.25, 0.3) is 0 Å². The average Bonchev–Trinajstić information content (AvgIpc) is 2.09. The molecule has 0 unspecified atom stereocenters. The fourth-order valence-electron chi connectivity index (χ4n) is 1.88. The van der Waals surface area contributed by atoms with Crippen LogP contribution in [0.2, 0.25) is 10.0 Å². The highest BCUT2D eigenvalue weighted by molar-refractivity contribution is 6.33. The van der Waals surface area contributed by atoms with Gasteiger partial charge in [0.1, 0.15) is 5.82 Å². The Balaban J connectivity index is 2.36. The molecule has 1 aliphatic rings. The summed E-state index contributed by atoms with van der Waals surface area (Å²) in [6.45, 7) is 0. The van der Waals surface area contributed by atoms with Crippen LogP contribution in [0.1, 0.15) is 30.9 Å². The van der Waals surface area contributed by atoms with Crippen molar-refractivity contribution in [2.24, 2.45) is 11.7 Å². The van der Waals surface area contributed by atoms with Crippen LogP contribution in [0.3, 0.4) is 0 Å². The molecule has 82 valence electrons. The number of benzene rings is 1. The molecule has 0 bridgehead atoms. The highest BCUT2D eigenvalue weighted by Crippen LogP contribution is 2.40. The van der Waals surface area contributed by atoms with E-state index in [-0.39, 0.29) is 11.1 Å². The van der Waals surface area contributed by atoms with Gasteiger partial charge < -0.3 is 5.73 Å². The zero-order chi connectivity index (χ0) is 11.0. The van der Waals surface area contributed by atoms with Gasteiger partial charge in [0.15, 0.2) is 0 Å². The van der Waals surface area contributed by atoms with Crippen molar-refractivity contribution in [3.05, 3.63) is 33.6 Å². The smallest absolute Gasteiger partial charge is 0.148 e. The van der Waals surface area contributed by atoms with Crippen LogP contribution in [0, 0.1) is 11.7 Å². The van der Waals surface area contributed by atoms with E-state index < -0.39 is 5.82 Å². The van der Waals surface area contributed by atoms with E-state index in [0.29, 0.717) is 16.5 Å². The van der Waals surface area contributed by atoms with Crippen LogP contribution in [0.5, 0.6) is 0 Å². The van der Waals surface area contributed by atoms with Crippen molar-refractivity contribution in [1.82, 2.24) is 0 Å². The Morgan fingerprint density at radius 2 is 1.87 bits per heavy atom. The number of hydrogen-bond acceptors (Lipinski definition) is 1. The number of hydrogen-bond donors (Lipinski definition) is 1. The van der Waals surface area contributed by atoms with E-state index in [1.54, 1.807) is 6.07 Å². The van der Waals surface area contributed by atoms with Gasteiger partial charge in [-0.1, -0.05) is 29.6 Å². The third-order valence-electron chi connectivity index (χ3n) is 3.07. The highest BCUT2D eigenvalue weighted by Gasteiger charge is 2.29. The van der Waals surface area contributed by atoms with E-state index in [2.05, 4.69) is 0 Å². The molecular formula is C11H12Cl2FN. The number of nitrogens with two attached hydrogens (primary N) is 1. The largest absolute Gasteiger partial charge is 0.324 e. The molecule has 1 aromatic carbocycles. The maximum atomic E-state index is 13.7. The van der Waals surface area contributed by atoms with E-state index in [0.717, 1.165) is 19.3 Å². The molecule has 1 aromatic rings. The molecule has 2 rings (SSSR count). The molecular weight excluding hydrogens is 236 g/mol. The summed E-state index contributed by atoms with van der Waals surface area (Å²) in [6.07, 6.45) is 3.26. The molecule has 1 saturated carbocycles. The molecule has 0 spiro atoms. The van der Waals surface area contributed by atoms with E-state index in [4.69, 9.17) is 28.9 Å². The van der Waals surface area contributed by atoms with E-state index in [1.165, 1.54) is 6.07 Å². The maximum Gasteiger partial charge on any atom is 0.148 e. The van der Waals surface area contributed by atoms with Crippen molar-refractivity contribution in [2.45, 2.75) is 25.3 Å². The Labute approximate surface area is 98.4 Å². The summed E-state index contributed by atoms with van der Waals surface area (Å²) >= 11 is 11.6. The van der Waals surface area contributed by atoms with Crippen LogP contribution in [-0.4, -0.2) is 0 Å². The molecule has 0 aromatic heterocycles. The van der Waals surface area contributed by atoms with Gasteiger partial charge in [-0.25, -0.2) is 4.39 Å². The summed E-state index contributed by atoms with van der Waals surface area (Å²) < 4.78 is 13.7. The average molecular weight is 248 g/mol. The number of halogens is 3. The lowest BCUT2D eigenvalue weighted by Crippen LogP contribution is -2.28. The van der Waals surface area contributed by atoms with Crippen LogP contribution in [0.4, 0.5) is 4.39 Å². The van der Waals surface area contributed by atoms with Crippen LogP contribution in [-0.2, 0) is 0 Å². The summed E-state index contributed by atoms with van der Waals surface area (Å²) in [5.74, 6) is -0.126. The van der Waals surface area contributed by atoms with Crippen LogP contribution < -0.4 is 5.73 Å². The predicted molar refractivity (Wildman–Crippen MR) is 60.7 cm³/mol. The molecule has 0 radical (unpaired) electrons. The Bertz CT molecular complexity index is 377. The van der Waals surface area contributed by atoms with Gasteiger partial charge in [-0.3, -0.25) is 0 Å². The fourth-order valence-corrected chi connectivity index (χ4v) is 2.32. The van der Waals surface area contributed by atoms with Crippen molar-refractivity contribution >= 4 is 23.2 Å². The fraction of sp³-hybridized carbons (Fsp3) is 0.455. The molecule has 15 heavy (non-hydrogen) atoms. The molecule has 0 amide bonds. The van der Waals surface area contributed by atoms with E-state index >= 15 is 0 Å². The molecule has 0 saturated heterocycles. The lowest BCUT2D eigenvalue weighted by Gasteiger charge is -2.32. The Hall–Kier alpha value is -0.310. The minimum atomic E-state index is -0.469. The van der Waals surface area contributed by atoms with Gasteiger partial charge in [-0.05, 0) is 30.9 Å². The predicted octanol–water partition coefficient (Wildman–Crippen LogP) is 3.93. The molecule has 2 N–H and O–H groups in total. The minimum Gasteiger partial charge on any atom is -0.324 e. The molecule has 1 fully saturated rings. The monoisotopic (exact) mass is 247 g/mol. The van der Waals surface area contributed by atoms with Crippen LogP contribution in [0.15, 0.2) is 12.1 Å². The third kappa shape index (κ3) is 1.99. The normalized spacial score (nSPS) is 18.7. The molecule has 1 atom stereocenters. The lowest BCUT2D eigenvalue weighted by atomic mass is 9.77. The first-order valence-electron chi connectivity index (χ1n) is 5.00. The first-order valence-corrected chi connectivity index (χ1v) is 5.76. The van der Waals surface area contributed by atoms with Crippen molar-refractivity contribution in [1.29, 1.82) is 0 Å². The summed E-state index contributed by atoms with van der Waals surface area (Å²) in [5.41, 5.74) is 6.36. The first-order chi connectivity index (χ1) is 7.11. The number of rotatable bonds is 2. The van der Waals surface area contributed by atoms with Crippen LogP contribution >= 0.6 is 23.2 Å². The summed E-state index contributed by atoms with van der Waals surface area (Å²) in [4.78, 5) is 0. The minimum absolute atomic E-state index is 0.0872. The summed E-state index contributed by atoms with van der Waals surface area (Å²) in [6, 6.07) is 2.72. The molecule has 1 aliphatic carbocycles. The van der Waals surface area contributed by atoms with Gasteiger partial charge in [0, 0.05) is 16.6 Å². The van der Waals surface area contributed by atoms with Gasteiger partial charge in [0.25, 0.3) is 0 Å². The second-order valence-corrected chi connectivity index (χ2v) is 4.79. The van der Waals surface area contributed by atoms with E-state index in [1.807, 2.05) is 0 Å². The zero-order valence-electron chi connectivity index (χ0n) is 8.14. The molecule has 0 heterocycles. The molecule has 4 heteroatoms. The molecule has 1 nitrogen and oxygen atoms in total. The second-order valence-electron chi connectivity index (χ2n) is 3.97. The van der Waals surface area contributed by atoms with Gasteiger partial charge in [0.2, 0.25) is 0 Å². The first kappa shape index (κ1) is 11.2. The Morgan fingerprint density at radius 1 is 1.27 bits per heavy atom. The van der Waals surface area contributed by atoms with Gasteiger partial charge in [0.05, 0.1) is 5.02 Å². The quantitative estimate of drug-likeness (QED) is 0.788. The van der Waals surface area contributed by atoms with Gasteiger partial charge >= 0.3 is 0 Å². The van der Waals surface area contributed by atoms with Crippen molar-refractivity contribution < 1.29 is 4.39 Å². The van der Waals surface area contributed by atoms with Crippen molar-refractivity contribution in [2.75, 3.05) is 0 Å². The summed E-state index contributed by atoms with van der Waals surface area (Å²) in [7, 11) is 0. The maximum absolute atomic E-state index is 13.7. The Kier molecular flexibility index (Phi) is 3.19. The van der Waals surface area contributed by atoms with E-state index in [9.17, 15) is 4.39 Å². The van der Waals surface area contributed by atoms with Gasteiger partial charge in [-0.15, -0.1) is 0 Å². The molecule has 0 aliphatic heterocycles. The highest BCUT2D eigenvalue weighted by atomic mass is 35.5. The van der Waals surface area contributed by atoms with Crippen molar-refractivity contribution in [3.63, 3.8) is 0 Å². The second kappa shape index (κ2) is 4.28. The van der Waals surface area contributed by atoms with Gasteiger partial charge in [-0.2, -0.15) is 0 Å². The zero-order valence-corrected chi connectivity index (χ0v) is 9.65. The Morgan fingerprint density at radius 3 is 2.40 bits per heavy atom. The standard InChI is InChI=1S/C11H12Cl2FN/c12-7-4-5-8(13)10(14)9(7)11(15)6-2-1-3-6/h4-6,11H,1-3,15H2/t11-/m1/s1. The topological polar surface area (TPSA) is 26.0 Å². The summed E-state index contributed by atoms with van der Waals surface area (Å²) in [5, 5.41) is 0.459. The SMILES string of the molecule is N[C@@H](c1c(Cl)ccc(Cl)c1F)C1CCC1. The third-order valence-corrected chi connectivity index (χ3v) is 3.69.